The van der Waals surface area contributed by atoms with Crippen LogP contribution in [0.15, 0.2) is 42.5 Å². The quantitative estimate of drug-likeness (QED) is 0.531. The monoisotopic (exact) mass is 323 g/mol. The molecule has 112 valence electrons. The van der Waals surface area contributed by atoms with Crippen LogP contribution in [0.1, 0.15) is 21.6 Å². The van der Waals surface area contributed by atoms with Crippen molar-refractivity contribution in [3.63, 3.8) is 0 Å². The van der Waals surface area contributed by atoms with Gasteiger partial charge in [-0.15, -0.1) is 0 Å². The van der Waals surface area contributed by atoms with Crippen LogP contribution in [0.4, 0.5) is 5.95 Å². The molecule has 0 fully saturated rings. The molecule has 0 saturated heterocycles. The second-order valence-corrected chi connectivity index (χ2v) is 5.12. The van der Waals surface area contributed by atoms with E-state index in [9.17, 15) is 9.90 Å². The summed E-state index contributed by atoms with van der Waals surface area (Å²) < 4.78 is 0. The number of anilines is 1. The predicted octanol–water partition coefficient (Wildman–Crippen LogP) is 2.96. The number of carboxylic acid groups (broad SMARTS) is 1. The van der Waals surface area contributed by atoms with Gasteiger partial charge < -0.3 is 10.8 Å². The number of carboxylic acids is 1. The molecule has 5 nitrogen and oxygen atoms in total. The van der Waals surface area contributed by atoms with E-state index in [2.05, 4.69) is 21.8 Å². The zero-order chi connectivity index (χ0) is 16.4. The first-order chi connectivity index (χ1) is 11.0. The van der Waals surface area contributed by atoms with Gasteiger partial charge in [0.1, 0.15) is 10.8 Å². The minimum atomic E-state index is -0.958. The van der Waals surface area contributed by atoms with Crippen molar-refractivity contribution >= 4 is 34.3 Å². The van der Waals surface area contributed by atoms with E-state index in [-0.39, 0.29) is 16.7 Å². The highest BCUT2D eigenvalue weighted by Crippen LogP contribution is 2.20. The molecule has 0 spiro atoms. The molecule has 0 unspecified atom stereocenters. The molecular weight excluding hydrogens is 314 g/mol. The number of hydrogen-bond donors (Lipinski definition) is 2. The van der Waals surface area contributed by atoms with E-state index in [1.807, 2.05) is 12.1 Å². The Hall–Kier alpha value is -3.10. The summed E-state index contributed by atoms with van der Waals surface area (Å²) in [5.41, 5.74) is 6.93. The van der Waals surface area contributed by atoms with Gasteiger partial charge in [-0.05, 0) is 34.9 Å². The number of nitrogens with two attached hydrogens (primary N) is 1. The van der Waals surface area contributed by atoms with Gasteiger partial charge in [-0.3, -0.25) is 0 Å². The minimum Gasteiger partial charge on any atom is -0.478 e. The molecule has 0 amide bonds. The first-order valence-electron chi connectivity index (χ1n) is 6.61. The van der Waals surface area contributed by atoms with Gasteiger partial charge >= 0.3 is 5.97 Å². The Bertz CT molecular complexity index is 970. The van der Waals surface area contributed by atoms with Gasteiger partial charge in [0.2, 0.25) is 5.95 Å². The van der Waals surface area contributed by atoms with Crippen LogP contribution in [0.3, 0.4) is 0 Å². The fraction of sp³-hybridized carbons (Fsp3) is 0. The van der Waals surface area contributed by atoms with Crippen LogP contribution in [0.5, 0.6) is 0 Å². The van der Waals surface area contributed by atoms with Crippen molar-refractivity contribution in [2.24, 2.45) is 0 Å². The summed E-state index contributed by atoms with van der Waals surface area (Å²) in [6, 6.07) is 12.0. The van der Waals surface area contributed by atoms with Crippen molar-refractivity contribution < 1.29 is 9.90 Å². The Balaban J connectivity index is 2.02. The van der Waals surface area contributed by atoms with Crippen LogP contribution in [-0.4, -0.2) is 21.0 Å². The van der Waals surface area contributed by atoms with E-state index >= 15 is 0 Å². The molecule has 0 saturated carbocycles. The van der Waals surface area contributed by atoms with Gasteiger partial charge in [0, 0.05) is 11.6 Å². The summed E-state index contributed by atoms with van der Waals surface area (Å²) in [6.07, 6.45) is 0. The van der Waals surface area contributed by atoms with Crippen molar-refractivity contribution in [1.29, 1.82) is 0 Å². The van der Waals surface area contributed by atoms with E-state index in [4.69, 9.17) is 17.3 Å². The Morgan fingerprint density at radius 3 is 2.70 bits per heavy atom. The third-order valence-electron chi connectivity index (χ3n) is 3.16. The molecule has 6 heteroatoms. The Morgan fingerprint density at radius 1 is 1.13 bits per heavy atom. The summed E-state index contributed by atoms with van der Waals surface area (Å²) in [5.74, 6) is 4.92. The van der Waals surface area contributed by atoms with Crippen LogP contribution in [0.2, 0.25) is 5.15 Å². The van der Waals surface area contributed by atoms with Crippen LogP contribution in [0.25, 0.3) is 10.8 Å². The van der Waals surface area contributed by atoms with Crippen molar-refractivity contribution in [2.45, 2.75) is 0 Å². The van der Waals surface area contributed by atoms with E-state index in [0.29, 0.717) is 11.1 Å². The van der Waals surface area contributed by atoms with Crippen molar-refractivity contribution in [1.82, 2.24) is 9.97 Å². The van der Waals surface area contributed by atoms with Crippen molar-refractivity contribution in [2.75, 3.05) is 5.73 Å². The van der Waals surface area contributed by atoms with E-state index < -0.39 is 5.97 Å². The number of carbonyl (C=O) groups is 1. The topological polar surface area (TPSA) is 89.1 Å². The molecule has 3 N–H and O–H groups in total. The van der Waals surface area contributed by atoms with Crippen LogP contribution >= 0.6 is 11.6 Å². The molecule has 0 aliphatic carbocycles. The zero-order valence-corrected chi connectivity index (χ0v) is 12.5. The van der Waals surface area contributed by atoms with E-state index in [0.717, 1.165) is 10.9 Å². The molecular formula is C17H10ClN3O2. The molecule has 0 atom stereocenters. The van der Waals surface area contributed by atoms with E-state index in [1.165, 1.54) is 6.07 Å². The van der Waals surface area contributed by atoms with Crippen LogP contribution in [-0.2, 0) is 0 Å². The van der Waals surface area contributed by atoms with E-state index in [1.54, 1.807) is 24.3 Å². The highest BCUT2D eigenvalue weighted by atomic mass is 35.5. The SMILES string of the molecule is Nc1nc(Cl)cc(C#Cc2ccc3c(C(=O)O)cccc3c2)n1. The summed E-state index contributed by atoms with van der Waals surface area (Å²) in [4.78, 5) is 19.0. The molecule has 1 aromatic heterocycles. The molecule has 2 aromatic carbocycles. The third-order valence-corrected chi connectivity index (χ3v) is 3.35. The lowest BCUT2D eigenvalue weighted by Crippen LogP contribution is -1.97. The Labute approximate surface area is 136 Å². The number of halogens is 1. The van der Waals surface area contributed by atoms with Gasteiger partial charge in [-0.1, -0.05) is 35.7 Å². The molecule has 0 radical (unpaired) electrons. The summed E-state index contributed by atoms with van der Waals surface area (Å²) >= 11 is 5.80. The maximum Gasteiger partial charge on any atom is 0.336 e. The summed E-state index contributed by atoms with van der Waals surface area (Å²) in [5, 5.41) is 10.9. The predicted molar refractivity (Wildman–Crippen MR) is 88.3 cm³/mol. The third kappa shape index (κ3) is 3.23. The highest BCUT2D eigenvalue weighted by Gasteiger charge is 2.07. The van der Waals surface area contributed by atoms with Crippen LogP contribution < -0.4 is 5.73 Å². The second kappa shape index (κ2) is 5.95. The number of aromatic carboxylic acids is 1. The lowest BCUT2D eigenvalue weighted by Gasteiger charge is -2.02. The van der Waals surface area contributed by atoms with Gasteiger partial charge in [-0.2, -0.15) is 0 Å². The highest BCUT2D eigenvalue weighted by molar-refractivity contribution is 6.29. The molecule has 1 heterocycles. The first kappa shape index (κ1) is 14.8. The molecule has 0 aliphatic rings. The lowest BCUT2D eigenvalue weighted by molar-refractivity contribution is 0.0699. The largest absolute Gasteiger partial charge is 0.478 e. The second-order valence-electron chi connectivity index (χ2n) is 4.73. The number of fused-ring (bicyclic) bond motifs is 1. The number of hydrogen-bond acceptors (Lipinski definition) is 4. The number of nitrogen functional groups attached to an aromatic ring is 1. The van der Waals surface area contributed by atoms with Crippen molar-refractivity contribution in [3.05, 3.63) is 64.4 Å². The maximum atomic E-state index is 11.2. The number of nitrogens with zero attached hydrogens (tertiary/aromatic N) is 2. The van der Waals surface area contributed by atoms with Gasteiger partial charge in [0.15, 0.2) is 0 Å². The molecule has 0 aliphatic heterocycles. The summed E-state index contributed by atoms with van der Waals surface area (Å²) in [7, 11) is 0. The average Bonchev–Trinajstić information content (AvgIpc) is 2.51. The van der Waals surface area contributed by atoms with Crippen LogP contribution in [0, 0.1) is 11.8 Å². The normalized spacial score (nSPS) is 10.1. The fourth-order valence-corrected chi connectivity index (χ4v) is 2.37. The molecule has 23 heavy (non-hydrogen) atoms. The molecule has 3 rings (SSSR count). The first-order valence-corrected chi connectivity index (χ1v) is 6.99. The van der Waals surface area contributed by atoms with Crippen molar-refractivity contribution in [3.8, 4) is 11.8 Å². The minimum absolute atomic E-state index is 0.0615. The van der Waals surface area contributed by atoms with Gasteiger partial charge in [0.05, 0.1) is 5.56 Å². The lowest BCUT2D eigenvalue weighted by atomic mass is 10.0. The molecule has 0 bridgehead atoms. The summed E-state index contributed by atoms with van der Waals surface area (Å²) in [6.45, 7) is 0. The zero-order valence-electron chi connectivity index (χ0n) is 11.7. The smallest absolute Gasteiger partial charge is 0.336 e. The number of benzene rings is 2. The van der Waals surface area contributed by atoms with Gasteiger partial charge in [-0.25, -0.2) is 14.8 Å². The fourth-order valence-electron chi connectivity index (χ4n) is 2.18. The number of aromatic nitrogens is 2. The standard InChI is InChI=1S/C17H10ClN3O2/c18-15-9-12(20-17(19)21-15)6-4-10-5-7-13-11(8-10)2-1-3-14(13)16(22)23/h1-3,5,7-9H,(H,22,23)(H2,19,20,21). The Morgan fingerprint density at radius 2 is 1.96 bits per heavy atom. The average molecular weight is 324 g/mol. The maximum absolute atomic E-state index is 11.2. The molecule has 3 aromatic rings. The van der Waals surface area contributed by atoms with Gasteiger partial charge in [0.25, 0.3) is 0 Å². The number of rotatable bonds is 1. The Kier molecular flexibility index (Phi) is 3.83.